The molecule has 124 valence electrons. The number of guanidine groups is 1. The smallest absolute Gasteiger partial charge is 0.191 e. The number of nitrogens with one attached hydrogen (secondary N) is 2. The minimum Gasteiger partial charge on any atom is -0.385 e. The first-order chi connectivity index (χ1) is 10.7. The van der Waals surface area contributed by atoms with Crippen LogP contribution in [-0.4, -0.2) is 52.9 Å². The summed E-state index contributed by atoms with van der Waals surface area (Å²) in [4.78, 5) is 6.59. The van der Waals surface area contributed by atoms with E-state index in [0.29, 0.717) is 0 Å². The van der Waals surface area contributed by atoms with Crippen molar-refractivity contribution in [2.45, 2.75) is 20.3 Å². The normalized spacial score (nSPS) is 11.4. The van der Waals surface area contributed by atoms with Crippen LogP contribution in [0.1, 0.15) is 18.9 Å². The van der Waals surface area contributed by atoms with Gasteiger partial charge in [0.15, 0.2) is 5.96 Å². The van der Waals surface area contributed by atoms with Crippen LogP contribution in [0.25, 0.3) is 0 Å². The Morgan fingerprint density at radius 3 is 2.68 bits per heavy atom. The van der Waals surface area contributed by atoms with Crippen molar-refractivity contribution < 1.29 is 4.74 Å². The first-order valence-corrected chi connectivity index (χ1v) is 7.96. The van der Waals surface area contributed by atoms with Crippen LogP contribution in [0.4, 0.5) is 5.69 Å². The van der Waals surface area contributed by atoms with E-state index >= 15 is 0 Å². The van der Waals surface area contributed by atoms with Gasteiger partial charge >= 0.3 is 0 Å². The third-order valence-corrected chi connectivity index (χ3v) is 3.46. The van der Waals surface area contributed by atoms with Gasteiger partial charge in [0.05, 0.1) is 0 Å². The summed E-state index contributed by atoms with van der Waals surface area (Å²) in [7, 11) is 3.52. The molecule has 0 fully saturated rings. The summed E-state index contributed by atoms with van der Waals surface area (Å²) in [6, 6.07) is 8.62. The second-order valence-electron chi connectivity index (χ2n) is 5.19. The zero-order valence-corrected chi connectivity index (χ0v) is 14.4. The molecule has 0 atom stereocenters. The van der Waals surface area contributed by atoms with Crippen molar-refractivity contribution >= 4 is 11.6 Å². The topological polar surface area (TPSA) is 48.9 Å². The van der Waals surface area contributed by atoms with Gasteiger partial charge in [-0.15, -0.1) is 0 Å². The van der Waals surface area contributed by atoms with Gasteiger partial charge in [0.1, 0.15) is 0 Å². The highest BCUT2D eigenvalue weighted by molar-refractivity contribution is 5.79. The van der Waals surface area contributed by atoms with Crippen LogP contribution in [0.3, 0.4) is 0 Å². The van der Waals surface area contributed by atoms with Gasteiger partial charge in [-0.2, -0.15) is 0 Å². The summed E-state index contributed by atoms with van der Waals surface area (Å²) >= 11 is 0. The molecule has 0 bridgehead atoms. The molecule has 0 amide bonds. The Morgan fingerprint density at radius 2 is 2.05 bits per heavy atom. The Morgan fingerprint density at radius 1 is 1.27 bits per heavy atom. The molecule has 0 heterocycles. The minimum atomic E-state index is 0.765. The fourth-order valence-electron chi connectivity index (χ4n) is 2.25. The van der Waals surface area contributed by atoms with Crippen molar-refractivity contribution in [2.75, 3.05) is 51.8 Å². The van der Waals surface area contributed by atoms with Crippen LogP contribution in [0.15, 0.2) is 29.3 Å². The van der Waals surface area contributed by atoms with Gasteiger partial charge in [-0.25, -0.2) is 0 Å². The maximum atomic E-state index is 5.04. The minimum absolute atomic E-state index is 0.765. The molecule has 0 aliphatic rings. The highest BCUT2D eigenvalue weighted by Gasteiger charge is 2.04. The number of rotatable bonds is 9. The van der Waals surface area contributed by atoms with E-state index in [2.05, 4.69) is 58.6 Å². The Balaban J connectivity index is 2.36. The average Bonchev–Trinajstić information content (AvgIpc) is 2.53. The number of benzene rings is 1. The molecule has 1 aromatic carbocycles. The fraction of sp³-hybridized carbons (Fsp3) is 0.588. The van der Waals surface area contributed by atoms with Crippen molar-refractivity contribution in [1.29, 1.82) is 0 Å². The average molecular weight is 306 g/mol. The molecule has 5 heteroatoms. The van der Waals surface area contributed by atoms with Crippen molar-refractivity contribution in [1.82, 2.24) is 10.6 Å². The van der Waals surface area contributed by atoms with E-state index < -0.39 is 0 Å². The van der Waals surface area contributed by atoms with Crippen molar-refractivity contribution in [3.05, 3.63) is 29.8 Å². The molecular weight excluding hydrogens is 276 g/mol. The zero-order valence-electron chi connectivity index (χ0n) is 14.4. The number of anilines is 1. The molecular formula is C17H30N4O. The summed E-state index contributed by atoms with van der Waals surface area (Å²) in [5, 5.41) is 6.64. The fourth-order valence-corrected chi connectivity index (χ4v) is 2.25. The molecule has 0 aromatic heterocycles. The van der Waals surface area contributed by atoms with Crippen molar-refractivity contribution in [3.63, 3.8) is 0 Å². The molecule has 0 spiro atoms. The monoisotopic (exact) mass is 306 g/mol. The van der Waals surface area contributed by atoms with Crippen LogP contribution in [0.2, 0.25) is 0 Å². The number of nitrogens with zero attached hydrogens (tertiary/aromatic N) is 2. The Labute approximate surface area is 134 Å². The molecule has 0 aliphatic carbocycles. The third-order valence-electron chi connectivity index (χ3n) is 3.46. The Bertz CT molecular complexity index is 448. The number of aryl methyl sites for hydroxylation is 1. The lowest BCUT2D eigenvalue weighted by atomic mass is 10.2. The van der Waals surface area contributed by atoms with Crippen molar-refractivity contribution in [2.24, 2.45) is 4.99 Å². The molecule has 0 aliphatic heterocycles. The molecule has 5 nitrogen and oxygen atoms in total. The van der Waals surface area contributed by atoms with Gasteiger partial charge in [-0.1, -0.05) is 12.1 Å². The number of methoxy groups -OCH3 is 1. The lowest BCUT2D eigenvalue weighted by Gasteiger charge is -2.24. The maximum absolute atomic E-state index is 5.04. The highest BCUT2D eigenvalue weighted by Crippen LogP contribution is 2.14. The zero-order chi connectivity index (χ0) is 16.2. The summed E-state index contributed by atoms with van der Waals surface area (Å²) in [5.74, 6) is 0.844. The summed E-state index contributed by atoms with van der Waals surface area (Å²) < 4.78 is 5.04. The van der Waals surface area contributed by atoms with E-state index in [-0.39, 0.29) is 0 Å². The SMILES string of the molecule is CCN(CCNC(=NC)NCCCOC)c1cccc(C)c1. The number of hydrogen-bond acceptors (Lipinski definition) is 3. The molecule has 1 rings (SSSR count). The maximum Gasteiger partial charge on any atom is 0.191 e. The van der Waals surface area contributed by atoms with E-state index in [1.807, 2.05) is 0 Å². The first kappa shape index (κ1) is 18.3. The summed E-state index contributed by atoms with van der Waals surface area (Å²) in [6.45, 7) is 8.72. The first-order valence-electron chi connectivity index (χ1n) is 7.96. The van der Waals surface area contributed by atoms with E-state index in [1.54, 1.807) is 14.2 Å². The number of hydrogen-bond donors (Lipinski definition) is 2. The molecule has 0 radical (unpaired) electrons. The number of aliphatic imine (C=N–C) groups is 1. The van der Waals surface area contributed by atoms with E-state index in [4.69, 9.17) is 4.74 Å². The highest BCUT2D eigenvalue weighted by atomic mass is 16.5. The van der Waals surface area contributed by atoms with Gasteiger partial charge in [0.25, 0.3) is 0 Å². The van der Waals surface area contributed by atoms with Crippen LogP contribution in [-0.2, 0) is 4.74 Å². The van der Waals surface area contributed by atoms with Gasteiger partial charge in [0.2, 0.25) is 0 Å². The Hall–Kier alpha value is -1.75. The predicted molar refractivity (Wildman–Crippen MR) is 94.9 cm³/mol. The second kappa shape index (κ2) is 10.9. The van der Waals surface area contributed by atoms with Crippen LogP contribution < -0.4 is 15.5 Å². The van der Waals surface area contributed by atoms with Gasteiger partial charge in [-0.3, -0.25) is 4.99 Å². The second-order valence-corrected chi connectivity index (χ2v) is 5.19. The predicted octanol–water partition coefficient (Wildman–Crippen LogP) is 2.02. The Kier molecular flexibility index (Phi) is 9.07. The van der Waals surface area contributed by atoms with E-state index in [0.717, 1.165) is 45.2 Å². The number of ether oxygens (including phenoxy) is 1. The largest absolute Gasteiger partial charge is 0.385 e. The lowest BCUT2D eigenvalue weighted by Crippen LogP contribution is -2.42. The van der Waals surface area contributed by atoms with E-state index in [1.165, 1.54) is 11.3 Å². The summed E-state index contributed by atoms with van der Waals surface area (Å²) in [6.07, 6.45) is 0.974. The molecule has 2 N–H and O–H groups in total. The van der Waals surface area contributed by atoms with Crippen LogP contribution in [0.5, 0.6) is 0 Å². The van der Waals surface area contributed by atoms with Gasteiger partial charge in [0, 0.05) is 52.6 Å². The molecule has 0 saturated carbocycles. The third kappa shape index (κ3) is 6.80. The molecule has 0 unspecified atom stereocenters. The van der Waals surface area contributed by atoms with Crippen molar-refractivity contribution in [3.8, 4) is 0 Å². The molecule has 0 saturated heterocycles. The van der Waals surface area contributed by atoms with Gasteiger partial charge in [-0.05, 0) is 38.0 Å². The standard InChI is InChI=1S/C17H30N4O/c1-5-21(16-9-6-8-15(2)14-16)12-11-20-17(18-3)19-10-7-13-22-4/h6,8-9,14H,5,7,10-13H2,1-4H3,(H2,18,19,20). The van der Waals surface area contributed by atoms with Gasteiger partial charge < -0.3 is 20.3 Å². The number of likely N-dealkylation sites (N-methyl/N-ethyl adjacent to an activating group) is 1. The van der Waals surface area contributed by atoms with E-state index in [9.17, 15) is 0 Å². The molecule has 22 heavy (non-hydrogen) atoms. The van der Waals surface area contributed by atoms with Crippen LogP contribution in [0, 0.1) is 6.92 Å². The summed E-state index contributed by atoms with van der Waals surface area (Å²) in [5.41, 5.74) is 2.56. The molecule has 1 aromatic rings. The van der Waals surface area contributed by atoms with Crippen LogP contribution >= 0.6 is 0 Å². The lowest BCUT2D eigenvalue weighted by molar-refractivity contribution is 0.195. The quantitative estimate of drug-likeness (QED) is 0.416.